The van der Waals surface area contributed by atoms with Gasteiger partial charge in [-0.25, -0.2) is 14.4 Å². The van der Waals surface area contributed by atoms with E-state index in [0.29, 0.717) is 12.5 Å². The molecule has 1 saturated heterocycles. The normalized spacial score (nSPS) is 24.4. The quantitative estimate of drug-likeness (QED) is 0.831. The van der Waals surface area contributed by atoms with Crippen LogP contribution in [0.1, 0.15) is 37.3 Å². The van der Waals surface area contributed by atoms with E-state index in [1.807, 2.05) is 24.8 Å². The monoisotopic (exact) mass is 377 g/mol. The second kappa shape index (κ2) is 7.02. The molecule has 0 atom stereocenters. The molecular formula is C22H24FN5. The molecule has 0 saturated carbocycles. The summed E-state index contributed by atoms with van der Waals surface area (Å²) in [5.41, 5.74) is 3.45. The van der Waals surface area contributed by atoms with Crippen molar-refractivity contribution in [1.82, 2.24) is 19.4 Å². The molecule has 2 aromatic heterocycles. The lowest BCUT2D eigenvalue weighted by atomic mass is 9.99. The number of hydrogen-bond acceptors (Lipinski definition) is 3. The fourth-order valence-corrected chi connectivity index (χ4v) is 4.42. The smallest absolute Gasteiger partial charge is 0.137 e. The Labute approximate surface area is 163 Å². The van der Waals surface area contributed by atoms with Crippen LogP contribution in [0.4, 0.5) is 10.2 Å². The Kier molecular flexibility index (Phi) is 4.36. The molecule has 1 fully saturated rings. The lowest BCUT2D eigenvalue weighted by Crippen LogP contribution is -2.40. The number of allylic oxidation sites excluding steroid dienone is 4. The van der Waals surface area contributed by atoms with Crippen molar-refractivity contribution in [2.75, 3.05) is 20.1 Å². The van der Waals surface area contributed by atoms with E-state index in [-0.39, 0.29) is 5.83 Å². The Morgan fingerprint density at radius 2 is 2.04 bits per heavy atom. The van der Waals surface area contributed by atoms with Crippen LogP contribution in [0, 0.1) is 0 Å². The second-order valence-electron chi connectivity index (χ2n) is 7.77. The van der Waals surface area contributed by atoms with Crippen LogP contribution >= 0.6 is 0 Å². The number of piperidine rings is 1. The predicted molar refractivity (Wildman–Crippen MR) is 110 cm³/mol. The van der Waals surface area contributed by atoms with Crippen LogP contribution in [-0.4, -0.2) is 45.8 Å². The van der Waals surface area contributed by atoms with Gasteiger partial charge >= 0.3 is 0 Å². The number of fused-ring (bicyclic) bond motifs is 1. The van der Waals surface area contributed by atoms with E-state index < -0.39 is 0 Å². The Balaban J connectivity index is 1.76. The fraction of sp³-hybridized carbons (Fsp3) is 0.364. The molecule has 0 radical (unpaired) electrons. The molecule has 5 rings (SSSR count). The van der Waals surface area contributed by atoms with Crippen LogP contribution < -0.4 is 10.7 Å². The summed E-state index contributed by atoms with van der Waals surface area (Å²) in [6.07, 6.45) is 14.5. The van der Waals surface area contributed by atoms with E-state index in [1.54, 1.807) is 6.08 Å². The van der Waals surface area contributed by atoms with Crippen molar-refractivity contribution >= 4 is 23.2 Å². The Morgan fingerprint density at radius 3 is 2.82 bits per heavy atom. The maximum Gasteiger partial charge on any atom is 0.137 e. The minimum atomic E-state index is -0.176. The van der Waals surface area contributed by atoms with Gasteiger partial charge in [0.15, 0.2) is 0 Å². The molecule has 2 aliphatic heterocycles. The summed E-state index contributed by atoms with van der Waals surface area (Å²) in [5.74, 6) is 0.726. The topological polar surface area (TPSA) is 49.2 Å². The first-order valence-corrected chi connectivity index (χ1v) is 9.92. The third kappa shape index (κ3) is 2.98. The number of aliphatic imine (C=N–C) groups is 1. The minimum absolute atomic E-state index is 0.176. The van der Waals surface area contributed by atoms with Gasteiger partial charge in [-0.05, 0) is 68.8 Å². The summed E-state index contributed by atoms with van der Waals surface area (Å²) in [6.45, 7) is 2.18. The van der Waals surface area contributed by atoms with Gasteiger partial charge in [-0.2, -0.15) is 0 Å². The number of H-pyrrole nitrogens is 1. The third-order valence-electron chi connectivity index (χ3n) is 5.99. The van der Waals surface area contributed by atoms with Crippen LogP contribution in [-0.2, 0) is 0 Å². The zero-order chi connectivity index (χ0) is 19.1. The van der Waals surface area contributed by atoms with Crippen LogP contribution in [0.2, 0.25) is 0 Å². The van der Waals surface area contributed by atoms with Gasteiger partial charge < -0.3 is 14.5 Å². The summed E-state index contributed by atoms with van der Waals surface area (Å²) < 4.78 is 15.9. The van der Waals surface area contributed by atoms with Crippen LogP contribution in [0.3, 0.4) is 0 Å². The number of aromatic amines is 1. The molecule has 3 aliphatic rings. The first-order chi connectivity index (χ1) is 13.7. The number of aromatic nitrogens is 3. The number of likely N-dealkylation sites (tertiary alicyclic amines) is 1. The number of nitrogens with one attached hydrogen (secondary N) is 1. The summed E-state index contributed by atoms with van der Waals surface area (Å²) in [4.78, 5) is 14.9. The van der Waals surface area contributed by atoms with E-state index in [0.717, 1.165) is 60.0 Å². The lowest BCUT2D eigenvalue weighted by Gasteiger charge is -2.30. The van der Waals surface area contributed by atoms with Gasteiger partial charge in [-0.1, -0.05) is 6.08 Å². The molecule has 5 nitrogen and oxygen atoms in total. The Hall–Kier alpha value is -2.73. The molecular weight excluding hydrogens is 353 g/mol. The van der Waals surface area contributed by atoms with Gasteiger partial charge in [0, 0.05) is 30.4 Å². The van der Waals surface area contributed by atoms with Gasteiger partial charge in [0.1, 0.15) is 11.6 Å². The largest absolute Gasteiger partial charge is 0.346 e. The van der Waals surface area contributed by atoms with Crippen LogP contribution in [0.5, 0.6) is 0 Å². The Morgan fingerprint density at radius 1 is 1.18 bits per heavy atom. The average Bonchev–Trinajstić information content (AvgIpc) is 3.36. The van der Waals surface area contributed by atoms with Crippen molar-refractivity contribution in [3.63, 3.8) is 0 Å². The van der Waals surface area contributed by atoms with Crippen molar-refractivity contribution in [3.8, 4) is 0 Å². The molecule has 0 unspecified atom stereocenters. The molecule has 28 heavy (non-hydrogen) atoms. The van der Waals surface area contributed by atoms with E-state index in [9.17, 15) is 4.39 Å². The van der Waals surface area contributed by atoms with Crippen LogP contribution in [0.15, 0.2) is 47.6 Å². The number of hydrogen-bond donors (Lipinski definition) is 1. The highest BCUT2D eigenvalue weighted by molar-refractivity contribution is 5.88. The minimum Gasteiger partial charge on any atom is -0.346 e. The summed E-state index contributed by atoms with van der Waals surface area (Å²) >= 11 is 0. The second-order valence-corrected chi connectivity index (χ2v) is 7.77. The summed E-state index contributed by atoms with van der Waals surface area (Å²) in [7, 11) is 2.18. The molecule has 0 bridgehead atoms. The summed E-state index contributed by atoms with van der Waals surface area (Å²) in [6, 6.07) is 2.53. The van der Waals surface area contributed by atoms with Gasteiger partial charge in [0.05, 0.1) is 17.0 Å². The summed E-state index contributed by atoms with van der Waals surface area (Å²) in [5, 5.41) is 2.13. The first kappa shape index (κ1) is 17.4. The molecule has 0 spiro atoms. The van der Waals surface area contributed by atoms with E-state index in [1.165, 1.54) is 11.6 Å². The highest BCUT2D eigenvalue weighted by atomic mass is 19.1. The predicted octanol–water partition coefficient (Wildman–Crippen LogP) is 2.75. The zero-order valence-electron chi connectivity index (χ0n) is 16.0. The SMILES string of the molecule is CN1CCC(n2cnc(=C3C=CC(F)=CC3)c2=C2CC=Nc3[nH]ccc32)CC1. The maximum atomic E-state index is 13.5. The molecule has 0 aromatic carbocycles. The highest BCUT2D eigenvalue weighted by Crippen LogP contribution is 2.29. The van der Waals surface area contributed by atoms with E-state index in [4.69, 9.17) is 4.98 Å². The van der Waals surface area contributed by atoms with Crippen molar-refractivity contribution < 1.29 is 4.39 Å². The highest BCUT2D eigenvalue weighted by Gasteiger charge is 2.22. The van der Waals surface area contributed by atoms with Gasteiger partial charge in [0.2, 0.25) is 0 Å². The van der Waals surface area contributed by atoms with Crippen LogP contribution in [0.25, 0.3) is 11.1 Å². The molecule has 1 aliphatic carbocycles. The van der Waals surface area contributed by atoms with E-state index >= 15 is 0 Å². The number of rotatable bonds is 1. The average molecular weight is 377 g/mol. The molecule has 4 heterocycles. The number of nitrogens with zero attached hydrogens (tertiary/aromatic N) is 4. The number of halogens is 1. The van der Waals surface area contributed by atoms with Crippen molar-refractivity contribution in [2.24, 2.45) is 4.99 Å². The van der Waals surface area contributed by atoms with Gasteiger partial charge in [0.25, 0.3) is 0 Å². The maximum absolute atomic E-state index is 13.5. The molecule has 2 aromatic rings. The molecule has 6 heteroatoms. The lowest BCUT2D eigenvalue weighted by molar-refractivity contribution is 0.219. The van der Waals surface area contributed by atoms with Gasteiger partial charge in [-0.15, -0.1) is 0 Å². The molecule has 144 valence electrons. The van der Waals surface area contributed by atoms with Crippen molar-refractivity contribution in [2.45, 2.75) is 31.7 Å². The number of imidazole rings is 1. The van der Waals surface area contributed by atoms with Crippen molar-refractivity contribution in [3.05, 3.63) is 58.9 Å². The van der Waals surface area contributed by atoms with E-state index in [2.05, 4.69) is 32.6 Å². The van der Waals surface area contributed by atoms with Crippen molar-refractivity contribution in [1.29, 1.82) is 0 Å². The third-order valence-corrected chi connectivity index (χ3v) is 5.99. The Bertz CT molecular complexity index is 1110. The first-order valence-electron chi connectivity index (χ1n) is 9.92. The molecule has 1 N–H and O–H groups in total. The fourth-order valence-electron chi connectivity index (χ4n) is 4.42. The molecule has 0 amide bonds. The standard InChI is InChI=1S/C22H24FN5/c1-27-12-8-17(9-13-27)28-14-26-20(15-2-4-16(23)5-3-15)21(28)18-6-10-24-22-19(18)7-11-25-22/h2,4-5,7,10-11,14,17,25H,3,6,8-9,12-13H2,1H3. The zero-order valence-corrected chi connectivity index (χ0v) is 16.0. The van der Waals surface area contributed by atoms with Gasteiger partial charge in [-0.3, -0.25) is 0 Å².